The molecule has 3 nitrogen and oxygen atoms in total. The minimum atomic E-state index is 0.427. The Balaban J connectivity index is 1.91. The lowest BCUT2D eigenvalue weighted by Crippen LogP contribution is -2.42. The van der Waals surface area contributed by atoms with Gasteiger partial charge >= 0.3 is 0 Å². The third kappa shape index (κ3) is 2.02. The molecule has 1 aliphatic carbocycles. The second-order valence-corrected chi connectivity index (χ2v) is 5.52. The molecular weight excluding hydrogens is 212 g/mol. The van der Waals surface area contributed by atoms with Crippen molar-refractivity contribution in [3.05, 3.63) is 23.7 Å². The Bertz CT molecular complexity index is 383. The van der Waals surface area contributed by atoms with Crippen LogP contribution in [-0.2, 0) is 0 Å². The predicted octanol–water partition coefficient (Wildman–Crippen LogP) is 2.46. The van der Waals surface area contributed by atoms with Crippen LogP contribution in [0.15, 0.2) is 16.7 Å². The largest absolute Gasteiger partial charge is 0.467 e. The molecule has 17 heavy (non-hydrogen) atoms. The molecule has 2 aliphatic rings. The molecule has 2 N–H and O–H groups in total. The quantitative estimate of drug-likeness (QED) is 0.873. The predicted molar refractivity (Wildman–Crippen MR) is 67.7 cm³/mol. The Morgan fingerprint density at radius 1 is 1.41 bits per heavy atom. The first-order valence-electron chi connectivity index (χ1n) is 6.81. The van der Waals surface area contributed by atoms with Crippen molar-refractivity contribution in [2.75, 3.05) is 13.1 Å². The maximum absolute atomic E-state index is 5.96. The van der Waals surface area contributed by atoms with Crippen LogP contribution in [0.1, 0.15) is 43.0 Å². The Morgan fingerprint density at radius 2 is 2.24 bits per heavy atom. The lowest BCUT2D eigenvalue weighted by atomic mass is 9.86. The number of hydrogen-bond acceptors (Lipinski definition) is 3. The molecular formula is C14H22N2O. The molecule has 1 aliphatic heterocycles. The number of nitrogens with zero attached hydrogens (tertiary/aromatic N) is 1. The van der Waals surface area contributed by atoms with Crippen molar-refractivity contribution in [1.82, 2.24) is 4.90 Å². The molecule has 1 saturated carbocycles. The molecule has 1 aromatic rings. The molecule has 3 heteroatoms. The van der Waals surface area contributed by atoms with Crippen molar-refractivity contribution in [1.29, 1.82) is 0 Å². The number of piperidine rings is 1. The van der Waals surface area contributed by atoms with Gasteiger partial charge in [0.05, 0.1) is 12.3 Å². The lowest BCUT2D eigenvalue weighted by Gasteiger charge is -2.40. The number of aryl methyl sites for hydroxylation is 1. The minimum absolute atomic E-state index is 0.427. The van der Waals surface area contributed by atoms with E-state index in [0.717, 1.165) is 18.3 Å². The van der Waals surface area contributed by atoms with Gasteiger partial charge < -0.3 is 10.2 Å². The van der Waals surface area contributed by atoms with Crippen molar-refractivity contribution >= 4 is 0 Å². The van der Waals surface area contributed by atoms with E-state index in [1.807, 2.05) is 6.26 Å². The number of likely N-dealkylation sites (tertiary alicyclic amines) is 1. The second-order valence-electron chi connectivity index (χ2n) is 5.52. The first kappa shape index (κ1) is 11.3. The van der Waals surface area contributed by atoms with E-state index in [-0.39, 0.29) is 0 Å². The van der Waals surface area contributed by atoms with Gasteiger partial charge in [-0.1, -0.05) is 0 Å². The van der Waals surface area contributed by atoms with E-state index in [0.29, 0.717) is 12.0 Å². The summed E-state index contributed by atoms with van der Waals surface area (Å²) in [4.78, 5) is 2.65. The van der Waals surface area contributed by atoms with Crippen molar-refractivity contribution in [2.45, 2.75) is 44.7 Å². The second kappa shape index (κ2) is 4.46. The Hall–Kier alpha value is -0.800. The molecule has 2 atom stereocenters. The van der Waals surface area contributed by atoms with Gasteiger partial charge in [0.1, 0.15) is 5.76 Å². The third-order valence-corrected chi connectivity index (χ3v) is 4.28. The van der Waals surface area contributed by atoms with Gasteiger partial charge in [0.15, 0.2) is 0 Å². The van der Waals surface area contributed by atoms with Gasteiger partial charge in [0.2, 0.25) is 0 Å². The Kier molecular flexibility index (Phi) is 2.97. The molecule has 0 spiro atoms. The summed E-state index contributed by atoms with van der Waals surface area (Å²) in [5.41, 5.74) is 7.24. The van der Waals surface area contributed by atoms with Crippen LogP contribution in [0.5, 0.6) is 0 Å². The fourth-order valence-electron chi connectivity index (χ4n) is 3.22. The fourth-order valence-corrected chi connectivity index (χ4v) is 3.22. The maximum Gasteiger partial charge on any atom is 0.124 e. The molecule has 1 aromatic heterocycles. The topological polar surface area (TPSA) is 42.4 Å². The first-order chi connectivity index (χ1) is 8.31. The Morgan fingerprint density at radius 3 is 2.82 bits per heavy atom. The number of nitrogens with two attached hydrogens (primary N) is 1. The highest BCUT2D eigenvalue weighted by Crippen LogP contribution is 2.43. The summed E-state index contributed by atoms with van der Waals surface area (Å²) < 4.78 is 5.75. The van der Waals surface area contributed by atoms with E-state index >= 15 is 0 Å². The number of rotatable bonds is 3. The van der Waals surface area contributed by atoms with Crippen molar-refractivity contribution < 1.29 is 4.42 Å². The molecule has 0 amide bonds. The van der Waals surface area contributed by atoms with Gasteiger partial charge in [0.25, 0.3) is 0 Å². The van der Waals surface area contributed by atoms with Gasteiger partial charge in [-0.2, -0.15) is 0 Å². The maximum atomic E-state index is 5.96. The van der Waals surface area contributed by atoms with Gasteiger partial charge in [-0.25, -0.2) is 0 Å². The smallest absolute Gasteiger partial charge is 0.124 e. The van der Waals surface area contributed by atoms with Crippen LogP contribution < -0.4 is 5.73 Å². The number of hydrogen-bond donors (Lipinski definition) is 1. The highest BCUT2D eigenvalue weighted by Gasteiger charge is 2.41. The molecule has 0 aromatic carbocycles. The molecule has 0 bridgehead atoms. The average Bonchev–Trinajstić information content (AvgIpc) is 3.11. The highest BCUT2D eigenvalue weighted by atomic mass is 16.3. The lowest BCUT2D eigenvalue weighted by molar-refractivity contribution is 0.0715. The molecule has 0 radical (unpaired) electrons. The molecule has 94 valence electrons. The SMILES string of the molecule is Cc1ccoc1C1C(CN)CCCN1C1CC1. The standard InChI is InChI=1S/C14H22N2O/c1-10-6-8-17-14(10)13-11(9-15)3-2-7-16(13)12-4-5-12/h6,8,11-13H,2-5,7,9,15H2,1H3. The molecule has 2 fully saturated rings. The van der Waals surface area contributed by atoms with E-state index in [2.05, 4.69) is 17.9 Å². The van der Waals surface area contributed by atoms with Crippen molar-refractivity contribution in [2.24, 2.45) is 11.7 Å². The van der Waals surface area contributed by atoms with E-state index in [4.69, 9.17) is 10.2 Å². The highest BCUT2D eigenvalue weighted by molar-refractivity contribution is 5.20. The zero-order chi connectivity index (χ0) is 11.8. The zero-order valence-corrected chi connectivity index (χ0v) is 10.6. The summed E-state index contributed by atoms with van der Waals surface area (Å²) in [6, 6.07) is 3.29. The summed E-state index contributed by atoms with van der Waals surface area (Å²) in [5.74, 6) is 1.72. The third-order valence-electron chi connectivity index (χ3n) is 4.28. The van der Waals surface area contributed by atoms with Crippen LogP contribution in [0.25, 0.3) is 0 Å². The molecule has 2 heterocycles. The van der Waals surface area contributed by atoms with E-state index in [1.54, 1.807) is 0 Å². The Labute approximate surface area is 103 Å². The van der Waals surface area contributed by atoms with Crippen LogP contribution in [0.4, 0.5) is 0 Å². The summed E-state index contributed by atoms with van der Waals surface area (Å²) in [7, 11) is 0. The van der Waals surface area contributed by atoms with E-state index in [9.17, 15) is 0 Å². The molecule has 3 rings (SSSR count). The van der Waals surface area contributed by atoms with Gasteiger partial charge in [-0.15, -0.1) is 0 Å². The summed E-state index contributed by atoms with van der Waals surface area (Å²) in [6.45, 7) is 4.13. The van der Waals surface area contributed by atoms with Gasteiger partial charge in [-0.3, -0.25) is 4.90 Å². The first-order valence-corrected chi connectivity index (χ1v) is 6.81. The molecule has 2 unspecified atom stereocenters. The van der Waals surface area contributed by atoms with Crippen LogP contribution in [-0.4, -0.2) is 24.0 Å². The fraction of sp³-hybridized carbons (Fsp3) is 0.714. The van der Waals surface area contributed by atoms with Gasteiger partial charge in [0, 0.05) is 6.04 Å². The summed E-state index contributed by atoms with van der Waals surface area (Å²) in [6.07, 6.45) is 7.05. The van der Waals surface area contributed by atoms with Crippen molar-refractivity contribution in [3.63, 3.8) is 0 Å². The van der Waals surface area contributed by atoms with Crippen LogP contribution in [0, 0.1) is 12.8 Å². The number of furan rings is 1. The monoisotopic (exact) mass is 234 g/mol. The normalized spacial score (nSPS) is 30.7. The van der Waals surface area contributed by atoms with Crippen LogP contribution >= 0.6 is 0 Å². The molecule has 1 saturated heterocycles. The summed E-state index contributed by atoms with van der Waals surface area (Å²) >= 11 is 0. The van der Waals surface area contributed by atoms with Crippen LogP contribution in [0.2, 0.25) is 0 Å². The average molecular weight is 234 g/mol. The summed E-state index contributed by atoms with van der Waals surface area (Å²) in [5, 5.41) is 0. The van der Waals surface area contributed by atoms with E-state index < -0.39 is 0 Å². The van der Waals surface area contributed by atoms with Crippen LogP contribution in [0.3, 0.4) is 0 Å². The van der Waals surface area contributed by atoms with Crippen molar-refractivity contribution in [3.8, 4) is 0 Å². The van der Waals surface area contributed by atoms with Gasteiger partial charge in [-0.05, 0) is 63.2 Å². The van der Waals surface area contributed by atoms with E-state index in [1.165, 1.54) is 37.8 Å². The minimum Gasteiger partial charge on any atom is -0.467 e. The zero-order valence-electron chi connectivity index (χ0n) is 10.6.